The minimum absolute atomic E-state index is 0.0497. The summed E-state index contributed by atoms with van der Waals surface area (Å²) in [5.74, 6) is 0.205. The fourth-order valence-electron chi connectivity index (χ4n) is 0.775. The summed E-state index contributed by atoms with van der Waals surface area (Å²) in [6, 6.07) is 7.83. The lowest BCUT2D eigenvalue weighted by molar-refractivity contribution is 0.297. The van der Waals surface area contributed by atoms with E-state index < -0.39 is 0 Å². The molecule has 0 saturated carbocycles. The van der Waals surface area contributed by atoms with Gasteiger partial charge in [-0.2, -0.15) is 0 Å². The molecule has 0 heterocycles. The minimum Gasteiger partial charge on any atom is -0.508 e. The van der Waals surface area contributed by atoms with Gasteiger partial charge < -0.3 is 10.2 Å². The second-order valence-electron chi connectivity index (χ2n) is 2.01. The first-order valence-corrected chi connectivity index (χ1v) is 3.14. The molecule has 0 spiro atoms. The molecule has 1 aromatic carbocycles. The van der Waals surface area contributed by atoms with E-state index in [4.69, 9.17) is 10.2 Å². The van der Waals surface area contributed by atoms with Gasteiger partial charge in [0.2, 0.25) is 0 Å². The number of hydrogen-bond acceptors (Lipinski definition) is 2. The van der Waals surface area contributed by atoms with E-state index in [0.717, 1.165) is 0 Å². The van der Waals surface area contributed by atoms with Crippen LogP contribution in [0.2, 0.25) is 0 Å². The van der Waals surface area contributed by atoms with E-state index in [9.17, 15) is 0 Å². The van der Waals surface area contributed by atoms with E-state index >= 15 is 0 Å². The van der Waals surface area contributed by atoms with E-state index in [0.29, 0.717) is 12.0 Å². The Bertz CT molecular complexity index is 208. The molecule has 1 radical (unpaired) electrons. The van der Waals surface area contributed by atoms with Crippen LogP contribution in [0.15, 0.2) is 18.2 Å². The third-order valence-corrected chi connectivity index (χ3v) is 1.28. The zero-order valence-electron chi connectivity index (χ0n) is 5.54. The lowest BCUT2D eigenvalue weighted by Crippen LogP contribution is -1.90. The number of hydrogen-bond donors (Lipinski definition) is 2. The van der Waals surface area contributed by atoms with Gasteiger partial charge in [-0.1, -0.05) is 12.1 Å². The monoisotopic (exact) mass is 137 g/mol. The molecule has 53 valence electrons. The van der Waals surface area contributed by atoms with E-state index in [-0.39, 0.29) is 12.4 Å². The molecule has 0 fully saturated rings. The normalized spacial score (nSPS) is 9.70. The van der Waals surface area contributed by atoms with Crippen molar-refractivity contribution in [2.24, 2.45) is 0 Å². The molecule has 0 amide bonds. The Morgan fingerprint density at radius 2 is 2.30 bits per heavy atom. The lowest BCUT2D eigenvalue weighted by Gasteiger charge is -1.98. The number of aliphatic hydroxyl groups is 1. The van der Waals surface area contributed by atoms with Crippen LogP contribution in [-0.4, -0.2) is 16.8 Å². The van der Waals surface area contributed by atoms with Gasteiger partial charge in [0.15, 0.2) is 0 Å². The predicted octanol–water partition coefficient (Wildman–Crippen LogP) is 0.727. The average Bonchev–Trinajstić information content (AvgIpc) is 1.94. The van der Waals surface area contributed by atoms with Crippen LogP contribution in [0.5, 0.6) is 5.75 Å². The van der Waals surface area contributed by atoms with Crippen LogP contribution in [0.1, 0.15) is 5.56 Å². The Kier molecular flexibility index (Phi) is 2.29. The van der Waals surface area contributed by atoms with Crippen molar-refractivity contribution in [3.63, 3.8) is 0 Å². The Balaban J connectivity index is 2.81. The summed E-state index contributed by atoms with van der Waals surface area (Å²) in [5, 5.41) is 17.6. The molecule has 0 saturated heterocycles. The highest BCUT2D eigenvalue weighted by molar-refractivity contribution is 5.30. The lowest BCUT2D eigenvalue weighted by atomic mass is 10.1. The molecule has 0 unspecified atom stereocenters. The van der Waals surface area contributed by atoms with Crippen molar-refractivity contribution in [3.8, 4) is 5.75 Å². The third kappa shape index (κ3) is 1.48. The van der Waals surface area contributed by atoms with Crippen molar-refractivity contribution in [2.75, 3.05) is 6.61 Å². The molecule has 10 heavy (non-hydrogen) atoms. The summed E-state index contributed by atoms with van der Waals surface area (Å²) in [7, 11) is 0. The maximum absolute atomic E-state index is 9.10. The van der Waals surface area contributed by atoms with Gasteiger partial charge in [0, 0.05) is 12.2 Å². The van der Waals surface area contributed by atoms with Crippen LogP contribution >= 0.6 is 0 Å². The Morgan fingerprint density at radius 1 is 1.50 bits per heavy atom. The van der Waals surface area contributed by atoms with Crippen LogP contribution in [0.3, 0.4) is 0 Å². The molecule has 2 heteroatoms. The van der Waals surface area contributed by atoms with E-state index in [1.54, 1.807) is 18.2 Å². The van der Waals surface area contributed by atoms with Gasteiger partial charge in [-0.25, -0.2) is 0 Å². The molecule has 0 aliphatic rings. The van der Waals surface area contributed by atoms with Gasteiger partial charge in [0.05, 0.1) is 0 Å². The number of benzene rings is 1. The first kappa shape index (κ1) is 7.09. The summed E-state index contributed by atoms with van der Waals surface area (Å²) in [5.41, 5.74) is 0.671. The van der Waals surface area contributed by atoms with E-state index in [1.807, 2.05) is 0 Å². The van der Waals surface area contributed by atoms with Crippen molar-refractivity contribution in [3.05, 3.63) is 29.8 Å². The highest BCUT2D eigenvalue weighted by atomic mass is 16.3. The molecular weight excluding hydrogens is 128 g/mol. The second kappa shape index (κ2) is 3.22. The van der Waals surface area contributed by atoms with Crippen LogP contribution in [0.4, 0.5) is 0 Å². The summed E-state index contributed by atoms with van der Waals surface area (Å²) in [4.78, 5) is 0. The fourth-order valence-corrected chi connectivity index (χ4v) is 0.775. The predicted molar refractivity (Wildman–Crippen MR) is 37.7 cm³/mol. The topological polar surface area (TPSA) is 40.5 Å². The zero-order valence-corrected chi connectivity index (χ0v) is 5.54. The molecule has 2 N–H and O–H groups in total. The Labute approximate surface area is 59.7 Å². The smallest absolute Gasteiger partial charge is 0.119 e. The summed E-state index contributed by atoms with van der Waals surface area (Å²) in [6.45, 7) is 0.0497. The van der Waals surface area contributed by atoms with Crippen LogP contribution < -0.4 is 0 Å². The number of phenolic OH excluding ortho intramolecular Hbond substituents is 1. The summed E-state index contributed by atoms with van der Waals surface area (Å²) < 4.78 is 0. The average molecular weight is 137 g/mol. The van der Waals surface area contributed by atoms with Crippen LogP contribution in [0, 0.1) is 6.07 Å². The van der Waals surface area contributed by atoms with Crippen molar-refractivity contribution >= 4 is 0 Å². The first-order chi connectivity index (χ1) is 4.84. The number of rotatable bonds is 2. The second-order valence-corrected chi connectivity index (χ2v) is 2.01. The molecular formula is C8H9O2. The largest absolute Gasteiger partial charge is 0.508 e. The third-order valence-electron chi connectivity index (χ3n) is 1.28. The number of aromatic hydroxyl groups is 1. The maximum Gasteiger partial charge on any atom is 0.119 e. The minimum atomic E-state index is 0.0497. The molecule has 0 atom stereocenters. The van der Waals surface area contributed by atoms with Crippen LogP contribution in [0.25, 0.3) is 0 Å². The van der Waals surface area contributed by atoms with Crippen molar-refractivity contribution < 1.29 is 10.2 Å². The zero-order chi connectivity index (χ0) is 7.40. The Morgan fingerprint density at radius 3 is 2.90 bits per heavy atom. The van der Waals surface area contributed by atoms with Gasteiger partial charge in [0.1, 0.15) is 5.75 Å². The van der Waals surface area contributed by atoms with Gasteiger partial charge in [-0.3, -0.25) is 0 Å². The molecule has 0 aliphatic heterocycles. The standard InChI is InChI=1S/C8H9O2/c9-6-5-7-3-1-2-4-8(7)10/h1-2,4,9-10H,5-6H2. The van der Waals surface area contributed by atoms with Crippen molar-refractivity contribution in [1.82, 2.24) is 0 Å². The molecule has 2 nitrogen and oxygen atoms in total. The van der Waals surface area contributed by atoms with Crippen molar-refractivity contribution in [2.45, 2.75) is 6.42 Å². The first-order valence-electron chi connectivity index (χ1n) is 3.14. The summed E-state index contributed by atoms with van der Waals surface area (Å²) in [6.07, 6.45) is 0.465. The number of aliphatic hydroxyl groups excluding tert-OH is 1. The van der Waals surface area contributed by atoms with Gasteiger partial charge in [-0.15, -0.1) is 0 Å². The maximum atomic E-state index is 9.10. The molecule has 0 aliphatic carbocycles. The Hall–Kier alpha value is -1.02. The molecule has 0 aromatic heterocycles. The van der Waals surface area contributed by atoms with Gasteiger partial charge in [-0.05, 0) is 18.6 Å². The van der Waals surface area contributed by atoms with Crippen LogP contribution in [-0.2, 0) is 6.42 Å². The van der Waals surface area contributed by atoms with E-state index in [2.05, 4.69) is 6.07 Å². The molecule has 0 bridgehead atoms. The van der Waals surface area contributed by atoms with E-state index in [1.165, 1.54) is 0 Å². The van der Waals surface area contributed by atoms with Gasteiger partial charge in [0.25, 0.3) is 0 Å². The number of phenols is 1. The highest BCUT2D eigenvalue weighted by Gasteiger charge is 1.96. The highest BCUT2D eigenvalue weighted by Crippen LogP contribution is 2.14. The molecule has 1 rings (SSSR count). The fraction of sp³-hybridized carbons (Fsp3) is 0.250. The summed E-state index contributed by atoms with van der Waals surface area (Å²) >= 11 is 0. The quantitative estimate of drug-likeness (QED) is 0.630. The molecule has 1 aromatic rings. The van der Waals surface area contributed by atoms with Crippen molar-refractivity contribution in [1.29, 1.82) is 0 Å². The SMILES string of the molecule is OCCc1[c]cccc1O. The van der Waals surface area contributed by atoms with Gasteiger partial charge >= 0.3 is 0 Å².